The number of nitrogens with zero attached hydrogens (tertiary/aromatic N) is 2. The van der Waals surface area contributed by atoms with Crippen molar-refractivity contribution >= 4 is 46.3 Å². The Morgan fingerprint density at radius 1 is 0.966 bits per heavy atom. The molecule has 1 aliphatic rings. The number of halogens is 2. The Labute approximate surface area is 176 Å². The zero-order valence-corrected chi connectivity index (χ0v) is 16.4. The number of para-hydroxylation sites is 1. The molecule has 1 fully saturated rings. The van der Waals surface area contributed by atoms with E-state index in [1.54, 1.807) is 54.9 Å². The van der Waals surface area contributed by atoms with Gasteiger partial charge in [-0.15, -0.1) is 0 Å². The molecule has 144 valence electrons. The van der Waals surface area contributed by atoms with Crippen molar-refractivity contribution < 1.29 is 14.7 Å². The molecule has 0 radical (unpaired) electrons. The van der Waals surface area contributed by atoms with E-state index in [-0.39, 0.29) is 16.4 Å². The van der Waals surface area contributed by atoms with Gasteiger partial charge in [-0.2, -0.15) is 0 Å². The molecule has 2 heterocycles. The maximum Gasteiger partial charge on any atom is 0.300 e. The van der Waals surface area contributed by atoms with E-state index in [2.05, 4.69) is 4.98 Å². The summed E-state index contributed by atoms with van der Waals surface area (Å²) in [6.07, 6.45) is 3.16. The van der Waals surface area contributed by atoms with E-state index in [4.69, 9.17) is 23.2 Å². The maximum atomic E-state index is 13.0. The summed E-state index contributed by atoms with van der Waals surface area (Å²) in [5, 5.41) is 11.5. The first-order chi connectivity index (χ1) is 14.0. The van der Waals surface area contributed by atoms with Gasteiger partial charge in [0.25, 0.3) is 11.7 Å². The van der Waals surface area contributed by atoms with Gasteiger partial charge < -0.3 is 5.11 Å². The molecule has 1 N–H and O–H groups in total. The van der Waals surface area contributed by atoms with Gasteiger partial charge in [0.2, 0.25) is 0 Å². The largest absolute Gasteiger partial charge is 0.507 e. The van der Waals surface area contributed by atoms with Crippen LogP contribution in [0, 0.1) is 0 Å². The first kappa shape index (κ1) is 19.2. The van der Waals surface area contributed by atoms with Gasteiger partial charge in [0.1, 0.15) is 5.76 Å². The smallest absolute Gasteiger partial charge is 0.300 e. The van der Waals surface area contributed by atoms with Gasteiger partial charge >= 0.3 is 0 Å². The van der Waals surface area contributed by atoms with Crippen molar-refractivity contribution in [1.82, 2.24) is 4.98 Å². The standard InChI is InChI=1S/C22H14Cl2N2O3/c23-16-9-8-13(11-17(16)24)20(27)18-19(14-5-4-10-25-12-14)26(22(29)21(18)28)15-6-2-1-3-7-15/h1-12,19,27H/b20-18-. The quantitative estimate of drug-likeness (QED) is 0.364. The Hall–Kier alpha value is -3.15. The molecule has 0 bridgehead atoms. The van der Waals surface area contributed by atoms with E-state index in [9.17, 15) is 14.7 Å². The third-order valence-electron chi connectivity index (χ3n) is 4.67. The van der Waals surface area contributed by atoms with Crippen LogP contribution in [0.5, 0.6) is 0 Å². The van der Waals surface area contributed by atoms with Gasteiger partial charge in [0, 0.05) is 23.6 Å². The van der Waals surface area contributed by atoms with Crippen molar-refractivity contribution in [3.63, 3.8) is 0 Å². The van der Waals surface area contributed by atoms with E-state index in [1.807, 2.05) is 6.07 Å². The number of aromatic nitrogens is 1. The second-order valence-corrected chi connectivity index (χ2v) is 7.23. The number of rotatable bonds is 3. The number of hydrogen-bond donors (Lipinski definition) is 1. The summed E-state index contributed by atoms with van der Waals surface area (Å²) in [6, 6.07) is 16.0. The Morgan fingerprint density at radius 3 is 2.38 bits per heavy atom. The van der Waals surface area contributed by atoms with Crippen molar-refractivity contribution in [2.75, 3.05) is 4.90 Å². The van der Waals surface area contributed by atoms with Gasteiger partial charge in [0.05, 0.1) is 21.7 Å². The van der Waals surface area contributed by atoms with Gasteiger partial charge in [0.15, 0.2) is 0 Å². The fourth-order valence-electron chi connectivity index (χ4n) is 3.34. The van der Waals surface area contributed by atoms with Gasteiger partial charge in [-0.3, -0.25) is 19.5 Å². The van der Waals surface area contributed by atoms with Crippen LogP contribution in [-0.2, 0) is 9.59 Å². The zero-order valence-electron chi connectivity index (χ0n) is 14.9. The molecule has 1 aromatic heterocycles. The molecule has 0 spiro atoms. The number of aliphatic hydroxyl groups is 1. The number of pyridine rings is 1. The van der Waals surface area contributed by atoms with Crippen LogP contribution in [0.3, 0.4) is 0 Å². The molecule has 4 rings (SSSR count). The monoisotopic (exact) mass is 424 g/mol. The highest BCUT2D eigenvalue weighted by Gasteiger charge is 2.47. The molecular weight excluding hydrogens is 411 g/mol. The van der Waals surface area contributed by atoms with E-state index in [0.29, 0.717) is 21.8 Å². The van der Waals surface area contributed by atoms with Crippen molar-refractivity contribution in [3.05, 3.63) is 99.8 Å². The zero-order chi connectivity index (χ0) is 20.5. The number of ketones is 1. The molecule has 5 nitrogen and oxygen atoms in total. The summed E-state index contributed by atoms with van der Waals surface area (Å²) in [4.78, 5) is 31.3. The molecule has 1 amide bonds. The molecule has 1 aliphatic heterocycles. The molecule has 1 unspecified atom stereocenters. The number of benzene rings is 2. The minimum atomic E-state index is -0.833. The highest BCUT2D eigenvalue weighted by atomic mass is 35.5. The lowest BCUT2D eigenvalue weighted by Gasteiger charge is -2.25. The van der Waals surface area contributed by atoms with Crippen LogP contribution in [0.4, 0.5) is 5.69 Å². The summed E-state index contributed by atoms with van der Waals surface area (Å²) in [5.41, 5.74) is 1.39. The Morgan fingerprint density at radius 2 is 1.72 bits per heavy atom. The lowest BCUT2D eigenvalue weighted by atomic mass is 9.96. The number of carbonyl (C=O) groups excluding carboxylic acids is 2. The average molecular weight is 425 g/mol. The van der Waals surface area contributed by atoms with Crippen LogP contribution in [0.1, 0.15) is 17.2 Å². The van der Waals surface area contributed by atoms with Crippen LogP contribution in [0.2, 0.25) is 10.0 Å². The third kappa shape index (κ3) is 3.39. The fourth-order valence-corrected chi connectivity index (χ4v) is 3.64. The van der Waals surface area contributed by atoms with Crippen molar-refractivity contribution in [1.29, 1.82) is 0 Å². The normalized spacial score (nSPS) is 18.3. The number of Topliss-reactive ketones (excluding diaryl/α,β-unsaturated/α-hetero) is 1. The number of hydrogen-bond acceptors (Lipinski definition) is 4. The SMILES string of the molecule is O=C1C(=O)N(c2ccccc2)C(c2cccnc2)/C1=C(/O)c1ccc(Cl)c(Cl)c1. The summed E-state index contributed by atoms with van der Waals surface area (Å²) >= 11 is 12.0. The topological polar surface area (TPSA) is 70.5 Å². The molecule has 1 atom stereocenters. The first-order valence-electron chi connectivity index (χ1n) is 8.70. The highest BCUT2D eigenvalue weighted by molar-refractivity contribution is 6.51. The second kappa shape index (κ2) is 7.70. The maximum absolute atomic E-state index is 13.0. The molecule has 3 aromatic rings. The lowest BCUT2D eigenvalue weighted by Crippen LogP contribution is -2.29. The minimum absolute atomic E-state index is 0.0368. The predicted octanol–water partition coefficient (Wildman–Crippen LogP) is 5.01. The molecule has 0 saturated carbocycles. The highest BCUT2D eigenvalue weighted by Crippen LogP contribution is 2.42. The van der Waals surface area contributed by atoms with Crippen LogP contribution in [0.15, 0.2) is 78.6 Å². The number of amides is 1. The molecule has 2 aromatic carbocycles. The van der Waals surface area contributed by atoms with E-state index in [0.717, 1.165) is 0 Å². The predicted molar refractivity (Wildman–Crippen MR) is 112 cm³/mol. The van der Waals surface area contributed by atoms with Crippen molar-refractivity contribution in [2.24, 2.45) is 0 Å². The Bertz CT molecular complexity index is 1130. The van der Waals surface area contributed by atoms with Gasteiger partial charge in [-0.1, -0.05) is 47.5 Å². The molecule has 7 heteroatoms. The average Bonchev–Trinajstić information content (AvgIpc) is 3.01. The fraction of sp³-hybridized carbons (Fsp3) is 0.0455. The second-order valence-electron chi connectivity index (χ2n) is 6.42. The van der Waals surface area contributed by atoms with E-state index >= 15 is 0 Å². The van der Waals surface area contributed by atoms with Gasteiger partial charge in [-0.05, 0) is 42.0 Å². The van der Waals surface area contributed by atoms with Crippen LogP contribution in [0.25, 0.3) is 5.76 Å². The van der Waals surface area contributed by atoms with E-state index < -0.39 is 17.7 Å². The van der Waals surface area contributed by atoms with Crippen LogP contribution in [-0.4, -0.2) is 21.8 Å². The number of anilines is 1. The molecule has 29 heavy (non-hydrogen) atoms. The van der Waals surface area contributed by atoms with Crippen molar-refractivity contribution in [2.45, 2.75) is 6.04 Å². The lowest BCUT2D eigenvalue weighted by molar-refractivity contribution is -0.132. The first-order valence-corrected chi connectivity index (χ1v) is 9.46. The Balaban J connectivity index is 1.95. The minimum Gasteiger partial charge on any atom is -0.507 e. The number of carbonyl (C=O) groups is 2. The summed E-state index contributed by atoms with van der Waals surface area (Å²) in [5.74, 6) is -1.84. The van der Waals surface area contributed by atoms with Crippen molar-refractivity contribution in [3.8, 4) is 0 Å². The Kier molecular flexibility index (Phi) is 5.09. The third-order valence-corrected chi connectivity index (χ3v) is 5.41. The van der Waals surface area contributed by atoms with Crippen LogP contribution < -0.4 is 4.90 Å². The molecule has 1 saturated heterocycles. The summed E-state index contributed by atoms with van der Waals surface area (Å²) in [6.45, 7) is 0. The summed E-state index contributed by atoms with van der Waals surface area (Å²) < 4.78 is 0. The number of aliphatic hydroxyl groups excluding tert-OH is 1. The molecular formula is C22H14Cl2N2O3. The van der Waals surface area contributed by atoms with Gasteiger partial charge in [-0.25, -0.2) is 0 Å². The van der Waals surface area contributed by atoms with Crippen LogP contribution >= 0.6 is 23.2 Å². The summed E-state index contributed by atoms with van der Waals surface area (Å²) in [7, 11) is 0. The van der Waals surface area contributed by atoms with E-state index in [1.165, 1.54) is 17.0 Å². The molecule has 0 aliphatic carbocycles.